The first kappa shape index (κ1) is 17.2. The van der Waals surface area contributed by atoms with Crippen molar-refractivity contribution in [1.29, 1.82) is 0 Å². The van der Waals surface area contributed by atoms with Crippen molar-refractivity contribution in [3.8, 4) is 5.75 Å². The molecule has 0 fully saturated rings. The minimum atomic E-state index is -3.62. The third-order valence-electron chi connectivity index (χ3n) is 3.47. The van der Waals surface area contributed by atoms with Crippen LogP contribution in [0.25, 0.3) is 10.2 Å². The van der Waals surface area contributed by atoms with Gasteiger partial charge in [-0.05, 0) is 31.5 Å². The Hall–Kier alpha value is -1.64. The normalized spacial score (nSPS) is 11.8. The highest BCUT2D eigenvalue weighted by molar-refractivity contribution is 8.00. The quantitative estimate of drug-likeness (QED) is 0.368. The fraction of sp³-hybridized carbons (Fsp3) is 0.250. The molecule has 0 spiro atoms. The highest BCUT2D eigenvalue weighted by Crippen LogP contribution is 2.34. The molecule has 0 aliphatic rings. The molecule has 8 heteroatoms. The summed E-state index contributed by atoms with van der Waals surface area (Å²) in [4.78, 5) is 10.7. The van der Waals surface area contributed by atoms with Gasteiger partial charge in [0.15, 0.2) is 0 Å². The second-order valence-corrected chi connectivity index (χ2v) is 9.13. The molecule has 0 bridgehead atoms. The van der Waals surface area contributed by atoms with Crippen LogP contribution < -0.4 is 4.18 Å². The van der Waals surface area contributed by atoms with Gasteiger partial charge in [-0.25, -0.2) is 9.97 Å². The van der Waals surface area contributed by atoms with Gasteiger partial charge in [0.05, 0.1) is 5.75 Å². The summed E-state index contributed by atoms with van der Waals surface area (Å²) in [5.41, 5.74) is 1.15. The van der Waals surface area contributed by atoms with Gasteiger partial charge < -0.3 is 4.18 Å². The summed E-state index contributed by atoms with van der Waals surface area (Å²) in [6.45, 7) is 4.09. The number of benzene rings is 1. The van der Waals surface area contributed by atoms with Gasteiger partial charge in [-0.1, -0.05) is 18.2 Å². The monoisotopic (exact) mass is 380 g/mol. The topological polar surface area (TPSA) is 69.2 Å². The average molecular weight is 381 g/mol. The molecule has 2 heterocycles. The maximum absolute atomic E-state index is 12.1. The molecule has 0 amide bonds. The van der Waals surface area contributed by atoms with Crippen molar-refractivity contribution in [1.82, 2.24) is 9.97 Å². The molecule has 2 aromatic heterocycles. The Balaban J connectivity index is 1.68. The van der Waals surface area contributed by atoms with E-state index in [1.54, 1.807) is 41.7 Å². The Morgan fingerprint density at radius 1 is 1.17 bits per heavy atom. The lowest BCUT2D eigenvalue weighted by Gasteiger charge is -2.07. The predicted octanol–water partition coefficient (Wildman–Crippen LogP) is 3.81. The van der Waals surface area contributed by atoms with Crippen LogP contribution in [0.5, 0.6) is 5.75 Å². The van der Waals surface area contributed by atoms with E-state index in [2.05, 4.69) is 9.97 Å². The number of thiophene rings is 1. The van der Waals surface area contributed by atoms with Crippen LogP contribution in [0.2, 0.25) is 0 Å². The zero-order chi connectivity index (χ0) is 17.2. The molecule has 0 atom stereocenters. The molecule has 24 heavy (non-hydrogen) atoms. The SMILES string of the molecule is Cc1sc2ncnc(SCCS(=O)(=O)Oc3ccccc3)c2c1C. The highest BCUT2D eigenvalue weighted by atomic mass is 32.2. The molecule has 0 aliphatic heterocycles. The zero-order valence-corrected chi connectivity index (χ0v) is 15.7. The van der Waals surface area contributed by atoms with Crippen molar-refractivity contribution >= 4 is 43.4 Å². The molecule has 3 rings (SSSR count). The molecule has 0 saturated heterocycles. The average Bonchev–Trinajstić information content (AvgIpc) is 2.83. The van der Waals surface area contributed by atoms with Gasteiger partial charge in [-0.3, -0.25) is 0 Å². The van der Waals surface area contributed by atoms with E-state index in [1.165, 1.54) is 23.0 Å². The summed E-state index contributed by atoms with van der Waals surface area (Å²) in [7, 11) is -3.62. The number of hydrogen-bond acceptors (Lipinski definition) is 7. The summed E-state index contributed by atoms with van der Waals surface area (Å²) in [6, 6.07) is 8.52. The summed E-state index contributed by atoms with van der Waals surface area (Å²) in [5, 5.41) is 1.84. The Bertz CT molecular complexity index is 953. The van der Waals surface area contributed by atoms with Crippen LogP contribution in [0.4, 0.5) is 0 Å². The first-order valence-corrected chi connectivity index (χ1v) is 10.6. The van der Waals surface area contributed by atoms with E-state index in [0.29, 0.717) is 11.5 Å². The van der Waals surface area contributed by atoms with Gasteiger partial charge in [-0.2, -0.15) is 8.42 Å². The van der Waals surface area contributed by atoms with Crippen molar-refractivity contribution in [3.05, 3.63) is 47.1 Å². The van der Waals surface area contributed by atoms with Gasteiger partial charge in [0.1, 0.15) is 21.9 Å². The maximum atomic E-state index is 12.1. The number of fused-ring (bicyclic) bond motifs is 1. The second kappa shape index (κ2) is 7.08. The van der Waals surface area contributed by atoms with Crippen LogP contribution in [-0.4, -0.2) is 29.9 Å². The van der Waals surface area contributed by atoms with Crippen LogP contribution >= 0.6 is 23.1 Å². The molecular formula is C16H16N2O3S3. The number of nitrogens with zero attached hydrogens (tertiary/aromatic N) is 2. The molecule has 0 radical (unpaired) electrons. The van der Waals surface area contributed by atoms with Crippen molar-refractivity contribution < 1.29 is 12.6 Å². The largest absolute Gasteiger partial charge is 0.382 e. The Kier molecular flexibility index (Phi) is 5.07. The van der Waals surface area contributed by atoms with Gasteiger partial charge >= 0.3 is 10.1 Å². The molecule has 0 N–H and O–H groups in total. The van der Waals surface area contributed by atoms with Gasteiger partial charge in [0, 0.05) is 16.0 Å². The minimum absolute atomic E-state index is 0.0831. The van der Waals surface area contributed by atoms with E-state index in [-0.39, 0.29) is 5.75 Å². The number of thioether (sulfide) groups is 1. The standard InChI is InChI=1S/C16H16N2O3S3/c1-11-12(2)23-16-14(11)15(17-10-18-16)22-8-9-24(19,20)21-13-6-4-3-5-7-13/h3-7,10H,8-9H2,1-2H3. The fourth-order valence-electron chi connectivity index (χ4n) is 2.16. The second-order valence-electron chi connectivity index (χ2n) is 5.15. The molecule has 126 valence electrons. The Labute approximate surface area is 149 Å². The van der Waals surface area contributed by atoms with Gasteiger partial charge in [0.2, 0.25) is 0 Å². The van der Waals surface area contributed by atoms with Crippen LogP contribution in [0, 0.1) is 13.8 Å². The van der Waals surface area contributed by atoms with E-state index in [1.807, 2.05) is 13.8 Å². The molecule has 1 aromatic carbocycles. The van der Waals surface area contributed by atoms with E-state index in [0.717, 1.165) is 20.8 Å². The lowest BCUT2D eigenvalue weighted by atomic mass is 10.2. The molecule has 3 aromatic rings. The molecular weight excluding hydrogens is 364 g/mol. The van der Waals surface area contributed by atoms with Crippen LogP contribution in [0.3, 0.4) is 0 Å². The van der Waals surface area contributed by atoms with Crippen LogP contribution in [-0.2, 0) is 10.1 Å². The molecule has 5 nitrogen and oxygen atoms in total. The van der Waals surface area contributed by atoms with E-state index < -0.39 is 10.1 Å². The van der Waals surface area contributed by atoms with E-state index >= 15 is 0 Å². The fourth-order valence-corrected chi connectivity index (χ4v) is 5.57. The zero-order valence-electron chi connectivity index (χ0n) is 13.2. The van der Waals surface area contributed by atoms with Crippen molar-refractivity contribution in [3.63, 3.8) is 0 Å². The summed E-state index contributed by atoms with van der Waals surface area (Å²) >= 11 is 3.04. The van der Waals surface area contributed by atoms with E-state index in [4.69, 9.17) is 4.18 Å². The third kappa shape index (κ3) is 3.88. The van der Waals surface area contributed by atoms with Gasteiger partial charge in [0.25, 0.3) is 0 Å². The number of para-hydroxylation sites is 1. The lowest BCUT2D eigenvalue weighted by molar-refractivity contribution is 0.488. The van der Waals surface area contributed by atoms with Crippen LogP contribution in [0.15, 0.2) is 41.7 Å². The smallest absolute Gasteiger partial charge is 0.310 e. The van der Waals surface area contributed by atoms with Crippen molar-refractivity contribution in [2.45, 2.75) is 18.9 Å². The lowest BCUT2D eigenvalue weighted by Crippen LogP contribution is -2.15. The first-order chi connectivity index (χ1) is 11.5. The Morgan fingerprint density at radius 2 is 1.92 bits per heavy atom. The number of rotatable bonds is 6. The van der Waals surface area contributed by atoms with Gasteiger partial charge in [-0.15, -0.1) is 23.1 Å². The van der Waals surface area contributed by atoms with Crippen LogP contribution in [0.1, 0.15) is 10.4 Å². The maximum Gasteiger partial charge on any atom is 0.310 e. The first-order valence-electron chi connectivity index (χ1n) is 7.27. The summed E-state index contributed by atoms with van der Waals surface area (Å²) in [6.07, 6.45) is 1.52. The molecule has 0 saturated carbocycles. The van der Waals surface area contributed by atoms with E-state index in [9.17, 15) is 8.42 Å². The minimum Gasteiger partial charge on any atom is -0.382 e. The van der Waals surface area contributed by atoms with Crippen molar-refractivity contribution in [2.75, 3.05) is 11.5 Å². The number of aromatic nitrogens is 2. The molecule has 0 unspecified atom stereocenters. The predicted molar refractivity (Wildman–Crippen MR) is 98.5 cm³/mol. The summed E-state index contributed by atoms with van der Waals surface area (Å²) < 4.78 is 29.2. The Morgan fingerprint density at radius 3 is 2.67 bits per heavy atom. The third-order valence-corrected chi connectivity index (χ3v) is 6.98. The highest BCUT2D eigenvalue weighted by Gasteiger charge is 2.16. The summed E-state index contributed by atoms with van der Waals surface area (Å²) in [5.74, 6) is 0.617. The molecule has 0 aliphatic carbocycles. The van der Waals surface area contributed by atoms with Crippen molar-refractivity contribution in [2.24, 2.45) is 0 Å². The number of hydrogen-bond donors (Lipinski definition) is 0. The number of aryl methyl sites for hydroxylation is 2.